The molecule has 0 aromatic heterocycles. The second kappa shape index (κ2) is 3.94. The van der Waals surface area contributed by atoms with Gasteiger partial charge in [-0.3, -0.25) is 4.79 Å². The monoisotopic (exact) mass is 215 g/mol. The molecule has 0 spiro atoms. The number of carbonyl (C=O) groups is 1. The number of aliphatic carboxylic acids is 1. The molecule has 0 heterocycles. The van der Waals surface area contributed by atoms with Crippen molar-refractivity contribution in [3.8, 4) is 0 Å². The third kappa shape index (κ3) is 2.73. The first-order chi connectivity index (χ1) is 6.82. The summed E-state index contributed by atoms with van der Waals surface area (Å²) >= 11 is 0. The van der Waals surface area contributed by atoms with Gasteiger partial charge in [-0.2, -0.15) is 0 Å². The fraction of sp³-hybridized carbons (Fsp3) is 0.300. The van der Waals surface area contributed by atoms with Gasteiger partial charge in [0, 0.05) is 12.5 Å². The summed E-state index contributed by atoms with van der Waals surface area (Å²) in [5.74, 6) is -4.24. The summed E-state index contributed by atoms with van der Waals surface area (Å²) in [7, 11) is 0. The largest absolute Gasteiger partial charge is 0.480 e. The Labute approximate surface area is 85.5 Å². The van der Waals surface area contributed by atoms with Gasteiger partial charge in [-0.25, -0.2) is 8.78 Å². The van der Waals surface area contributed by atoms with E-state index in [-0.39, 0.29) is 11.1 Å². The van der Waals surface area contributed by atoms with Gasteiger partial charge in [-0.05, 0) is 11.6 Å². The number of rotatable bonds is 3. The van der Waals surface area contributed by atoms with Gasteiger partial charge >= 0.3 is 5.97 Å². The van der Waals surface area contributed by atoms with Gasteiger partial charge in [0.05, 0.1) is 0 Å². The fourth-order valence-electron chi connectivity index (χ4n) is 1.15. The van der Waals surface area contributed by atoms with Crippen LogP contribution in [0.1, 0.15) is 24.1 Å². The van der Waals surface area contributed by atoms with E-state index in [1.165, 1.54) is 18.2 Å². The van der Waals surface area contributed by atoms with Crippen molar-refractivity contribution in [2.75, 3.05) is 0 Å². The second-order valence-electron chi connectivity index (χ2n) is 3.33. The minimum absolute atomic E-state index is 0.168. The van der Waals surface area contributed by atoms with Crippen LogP contribution in [0, 0.1) is 0 Å². The maximum Gasteiger partial charge on any atom is 0.325 e. The summed E-state index contributed by atoms with van der Waals surface area (Å²) in [5.41, 5.74) is 5.23. The smallest absolute Gasteiger partial charge is 0.325 e. The minimum atomic E-state index is -2.99. The topological polar surface area (TPSA) is 63.3 Å². The molecule has 0 saturated heterocycles. The van der Waals surface area contributed by atoms with Gasteiger partial charge in [0.15, 0.2) is 0 Å². The van der Waals surface area contributed by atoms with Crippen LogP contribution in [0.15, 0.2) is 24.3 Å². The summed E-state index contributed by atoms with van der Waals surface area (Å²) in [6.07, 6.45) is 0. The van der Waals surface area contributed by atoms with Crippen LogP contribution < -0.4 is 5.73 Å². The van der Waals surface area contributed by atoms with Crippen LogP contribution in [0.4, 0.5) is 8.78 Å². The Balaban J connectivity index is 3.08. The molecule has 0 bridgehead atoms. The van der Waals surface area contributed by atoms with E-state index < -0.39 is 17.9 Å². The standard InChI is InChI=1S/C10H11F2NO2/c1-10(11,12)7-4-2-3-6(5-7)8(13)9(14)15/h2-5,8H,13H2,1H3,(H,14,15). The normalized spacial score (nSPS) is 13.6. The highest BCUT2D eigenvalue weighted by Gasteiger charge is 2.25. The SMILES string of the molecule is CC(F)(F)c1cccc(C(N)C(=O)O)c1. The van der Waals surface area contributed by atoms with Crippen molar-refractivity contribution in [3.63, 3.8) is 0 Å². The molecule has 0 saturated carbocycles. The number of benzene rings is 1. The Morgan fingerprint density at radius 1 is 1.53 bits per heavy atom. The summed E-state index contributed by atoms with van der Waals surface area (Å²) in [5, 5.41) is 8.62. The van der Waals surface area contributed by atoms with Gasteiger partial charge in [-0.1, -0.05) is 18.2 Å². The van der Waals surface area contributed by atoms with Crippen LogP contribution in [-0.4, -0.2) is 11.1 Å². The quantitative estimate of drug-likeness (QED) is 0.809. The second-order valence-corrected chi connectivity index (χ2v) is 3.33. The van der Waals surface area contributed by atoms with Gasteiger partial charge in [0.2, 0.25) is 0 Å². The number of carboxylic acid groups (broad SMARTS) is 1. The molecule has 1 aromatic rings. The molecule has 1 rings (SSSR count). The van der Waals surface area contributed by atoms with Crippen molar-refractivity contribution in [1.29, 1.82) is 0 Å². The summed E-state index contributed by atoms with van der Waals surface area (Å²) in [6, 6.07) is 3.85. The molecule has 0 aliphatic carbocycles. The van der Waals surface area contributed by atoms with Crippen LogP contribution in [0.3, 0.4) is 0 Å². The van der Waals surface area contributed by atoms with Gasteiger partial charge < -0.3 is 10.8 Å². The Kier molecular flexibility index (Phi) is 3.04. The van der Waals surface area contributed by atoms with Crippen LogP contribution in [0.5, 0.6) is 0 Å². The molecule has 3 N–H and O–H groups in total. The molecule has 1 unspecified atom stereocenters. The zero-order valence-corrected chi connectivity index (χ0v) is 8.08. The Hall–Kier alpha value is -1.49. The fourth-order valence-corrected chi connectivity index (χ4v) is 1.15. The molecule has 82 valence electrons. The number of carboxylic acids is 1. The lowest BCUT2D eigenvalue weighted by atomic mass is 10.0. The lowest BCUT2D eigenvalue weighted by Gasteiger charge is -2.13. The number of hydrogen-bond acceptors (Lipinski definition) is 2. The van der Waals surface area contributed by atoms with Crippen LogP contribution in [0.25, 0.3) is 0 Å². The van der Waals surface area contributed by atoms with Crippen molar-refractivity contribution in [1.82, 2.24) is 0 Å². The first-order valence-electron chi connectivity index (χ1n) is 4.29. The predicted molar refractivity (Wildman–Crippen MR) is 50.6 cm³/mol. The molecule has 1 atom stereocenters. The number of alkyl halides is 2. The van der Waals surface area contributed by atoms with E-state index in [4.69, 9.17) is 10.8 Å². The van der Waals surface area contributed by atoms with Crippen LogP contribution >= 0.6 is 0 Å². The molecule has 0 fully saturated rings. The molecular formula is C10H11F2NO2. The molecule has 1 aromatic carbocycles. The van der Waals surface area contributed by atoms with E-state index in [0.29, 0.717) is 0 Å². The summed E-state index contributed by atoms with van der Waals surface area (Å²) in [4.78, 5) is 10.5. The van der Waals surface area contributed by atoms with Crippen LogP contribution in [0.2, 0.25) is 0 Å². The van der Waals surface area contributed by atoms with E-state index >= 15 is 0 Å². The van der Waals surface area contributed by atoms with Crippen molar-refractivity contribution in [2.45, 2.75) is 18.9 Å². The lowest BCUT2D eigenvalue weighted by molar-refractivity contribution is -0.138. The molecule has 15 heavy (non-hydrogen) atoms. The Morgan fingerprint density at radius 3 is 2.60 bits per heavy atom. The zero-order valence-electron chi connectivity index (χ0n) is 8.08. The van der Waals surface area contributed by atoms with E-state index in [0.717, 1.165) is 13.0 Å². The Morgan fingerprint density at radius 2 is 2.13 bits per heavy atom. The maximum atomic E-state index is 12.9. The van der Waals surface area contributed by atoms with Gasteiger partial charge in [0.25, 0.3) is 5.92 Å². The number of nitrogens with two attached hydrogens (primary N) is 1. The molecule has 0 aliphatic rings. The highest BCUT2D eigenvalue weighted by Crippen LogP contribution is 2.28. The lowest BCUT2D eigenvalue weighted by Crippen LogP contribution is -2.21. The Bertz CT molecular complexity index is 374. The maximum absolute atomic E-state index is 12.9. The zero-order chi connectivity index (χ0) is 11.6. The third-order valence-corrected chi connectivity index (χ3v) is 2.02. The van der Waals surface area contributed by atoms with Gasteiger partial charge in [-0.15, -0.1) is 0 Å². The summed E-state index contributed by atoms with van der Waals surface area (Å²) < 4.78 is 25.8. The van der Waals surface area contributed by atoms with E-state index in [2.05, 4.69) is 0 Å². The number of hydrogen-bond donors (Lipinski definition) is 2. The van der Waals surface area contributed by atoms with Gasteiger partial charge in [0.1, 0.15) is 6.04 Å². The highest BCUT2D eigenvalue weighted by atomic mass is 19.3. The third-order valence-electron chi connectivity index (χ3n) is 2.02. The molecular weight excluding hydrogens is 204 g/mol. The molecule has 0 radical (unpaired) electrons. The van der Waals surface area contributed by atoms with E-state index in [1.807, 2.05) is 0 Å². The first-order valence-corrected chi connectivity index (χ1v) is 4.29. The van der Waals surface area contributed by atoms with E-state index in [9.17, 15) is 13.6 Å². The highest BCUT2D eigenvalue weighted by molar-refractivity contribution is 5.75. The van der Waals surface area contributed by atoms with Crippen LogP contribution in [-0.2, 0) is 10.7 Å². The molecule has 3 nitrogen and oxygen atoms in total. The van der Waals surface area contributed by atoms with E-state index in [1.54, 1.807) is 0 Å². The minimum Gasteiger partial charge on any atom is -0.480 e. The molecule has 0 aliphatic heterocycles. The average Bonchev–Trinajstić information content (AvgIpc) is 2.15. The van der Waals surface area contributed by atoms with Crippen molar-refractivity contribution in [3.05, 3.63) is 35.4 Å². The van der Waals surface area contributed by atoms with Crippen molar-refractivity contribution >= 4 is 5.97 Å². The predicted octanol–water partition coefficient (Wildman–Crippen LogP) is 1.88. The van der Waals surface area contributed by atoms with Crippen molar-refractivity contribution in [2.24, 2.45) is 5.73 Å². The average molecular weight is 215 g/mol. The number of halogens is 2. The molecule has 0 amide bonds. The summed E-state index contributed by atoms with van der Waals surface area (Å²) in [6.45, 7) is 0.748. The first kappa shape index (κ1) is 11.6. The van der Waals surface area contributed by atoms with Crippen molar-refractivity contribution < 1.29 is 18.7 Å². The molecule has 5 heteroatoms.